The van der Waals surface area contributed by atoms with Crippen LogP contribution in [-0.4, -0.2) is 23.1 Å². The Balaban J connectivity index is 1.76. The first-order valence-corrected chi connectivity index (χ1v) is 6.88. The molecule has 1 saturated carbocycles. The predicted octanol–water partition coefficient (Wildman–Crippen LogP) is 2.33. The number of nitrogens with two attached hydrogens (primary N) is 1. The Labute approximate surface area is 109 Å². The second-order valence-electron chi connectivity index (χ2n) is 5.24. The zero-order valence-corrected chi connectivity index (χ0v) is 11.1. The first kappa shape index (κ1) is 13.3. The highest BCUT2D eigenvalue weighted by Crippen LogP contribution is 2.29. The number of hydrogen-bond acceptors (Lipinski definition) is 4. The van der Waals surface area contributed by atoms with Crippen molar-refractivity contribution in [2.24, 2.45) is 11.7 Å². The monoisotopic (exact) mass is 249 g/mol. The Kier molecular flexibility index (Phi) is 4.93. The summed E-state index contributed by atoms with van der Waals surface area (Å²) in [6.07, 6.45) is 10.3. The van der Waals surface area contributed by atoms with Gasteiger partial charge >= 0.3 is 0 Å². The fraction of sp³-hybridized carbons (Fsp3) is 0.714. The summed E-state index contributed by atoms with van der Waals surface area (Å²) in [4.78, 5) is 8.24. The molecule has 0 aliphatic heterocycles. The van der Waals surface area contributed by atoms with E-state index in [-0.39, 0.29) is 6.04 Å². The average molecular weight is 249 g/mol. The maximum atomic E-state index is 6.17. The van der Waals surface area contributed by atoms with Gasteiger partial charge in [0, 0.05) is 24.2 Å². The van der Waals surface area contributed by atoms with E-state index in [1.807, 2.05) is 6.07 Å². The molecule has 0 spiro atoms. The molecule has 1 aromatic heterocycles. The van der Waals surface area contributed by atoms with Crippen molar-refractivity contribution >= 4 is 0 Å². The summed E-state index contributed by atoms with van der Waals surface area (Å²) in [7, 11) is 1.62. The van der Waals surface area contributed by atoms with E-state index in [1.165, 1.54) is 38.4 Å². The van der Waals surface area contributed by atoms with Crippen LogP contribution >= 0.6 is 0 Å². The Hall–Kier alpha value is -1.16. The second-order valence-corrected chi connectivity index (χ2v) is 5.24. The second kappa shape index (κ2) is 6.69. The summed E-state index contributed by atoms with van der Waals surface area (Å²) in [6.45, 7) is 0. The molecule has 0 saturated heterocycles. The van der Waals surface area contributed by atoms with E-state index in [0.717, 1.165) is 24.5 Å². The largest absolute Gasteiger partial charge is 0.481 e. The van der Waals surface area contributed by atoms with Gasteiger partial charge in [0.15, 0.2) is 0 Å². The number of nitrogens with zero attached hydrogens (tertiary/aromatic N) is 2. The summed E-state index contributed by atoms with van der Waals surface area (Å²) < 4.78 is 5.09. The van der Waals surface area contributed by atoms with Crippen LogP contribution in [0.15, 0.2) is 12.4 Å². The van der Waals surface area contributed by atoms with E-state index < -0.39 is 0 Å². The van der Waals surface area contributed by atoms with Crippen molar-refractivity contribution in [2.75, 3.05) is 7.11 Å². The first-order valence-electron chi connectivity index (χ1n) is 6.88. The van der Waals surface area contributed by atoms with Crippen molar-refractivity contribution in [3.8, 4) is 5.88 Å². The van der Waals surface area contributed by atoms with Crippen LogP contribution in [0.1, 0.15) is 44.2 Å². The molecule has 1 aromatic rings. The number of hydrogen-bond donors (Lipinski definition) is 1. The van der Waals surface area contributed by atoms with Crippen molar-refractivity contribution in [3.05, 3.63) is 18.1 Å². The summed E-state index contributed by atoms with van der Waals surface area (Å²) in [6, 6.07) is 2.07. The van der Waals surface area contributed by atoms with Gasteiger partial charge in [0.2, 0.25) is 5.88 Å². The van der Waals surface area contributed by atoms with Gasteiger partial charge in [0.25, 0.3) is 0 Å². The number of methoxy groups -OCH3 is 1. The molecule has 18 heavy (non-hydrogen) atoms. The zero-order valence-electron chi connectivity index (χ0n) is 11.1. The topological polar surface area (TPSA) is 61.0 Å². The van der Waals surface area contributed by atoms with Gasteiger partial charge in [-0.3, -0.25) is 0 Å². The lowest BCUT2D eigenvalue weighted by molar-refractivity contribution is 0.395. The predicted molar refractivity (Wildman–Crippen MR) is 71.5 cm³/mol. The minimum atomic E-state index is 0.199. The number of rotatable bonds is 6. The van der Waals surface area contributed by atoms with Gasteiger partial charge < -0.3 is 10.5 Å². The molecule has 0 amide bonds. The lowest BCUT2D eigenvalue weighted by atomic mass is 9.97. The Morgan fingerprint density at radius 1 is 1.39 bits per heavy atom. The molecule has 1 heterocycles. The van der Waals surface area contributed by atoms with Gasteiger partial charge in [0.05, 0.1) is 7.11 Å². The van der Waals surface area contributed by atoms with Gasteiger partial charge in [-0.05, 0) is 18.8 Å². The molecule has 1 atom stereocenters. The summed E-state index contributed by atoms with van der Waals surface area (Å²) in [5.74, 6) is 1.53. The first-order chi connectivity index (χ1) is 8.78. The van der Waals surface area contributed by atoms with Crippen LogP contribution in [0.4, 0.5) is 0 Å². The van der Waals surface area contributed by atoms with E-state index in [0.29, 0.717) is 5.88 Å². The molecular weight excluding hydrogens is 226 g/mol. The van der Waals surface area contributed by atoms with Crippen LogP contribution < -0.4 is 10.5 Å². The quantitative estimate of drug-likeness (QED) is 0.840. The minimum Gasteiger partial charge on any atom is -0.481 e. The Morgan fingerprint density at radius 2 is 2.17 bits per heavy atom. The van der Waals surface area contributed by atoms with E-state index >= 15 is 0 Å². The molecule has 0 bridgehead atoms. The van der Waals surface area contributed by atoms with Gasteiger partial charge in [-0.25, -0.2) is 9.97 Å². The summed E-state index contributed by atoms with van der Waals surface area (Å²) >= 11 is 0. The highest BCUT2D eigenvalue weighted by atomic mass is 16.5. The molecule has 1 unspecified atom stereocenters. The van der Waals surface area contributed by atoms with Crippen molar-refractivity contribution in [2.45, 2.75) is 51.0 Å². The van der Waals surface area contributed by atoms with Gasteiger partial charge in [-0.15, -0.1) is 0 Å². The number of aromatic nitrogens is 2. The molecule has 4 heteroatoms. The van der Waals surface area contributed by atoms with E-state index in [1.54, 1.807) is 7.11 Å². The summed E-state index contributed by atoms with van der Waals surface area (Å²) in [5.41, 5.74) is 7.15. The Bertz CT molecular complexity index is 364. The van der Waals surface area contributed by atoms with Crippen LogP contribution in [0.25, 0.3) is 0 Å². The maximum Gasteiger partial charge on any atom is 0.216 e. The lowest BCUT2D eigenvalue weighted by Crippen LogP contribution is -2.24. The molecule has 1 fully saturated rings. The van der Waals surface area contributed by atoms with E-state index in [4.69, 9.17) is 10.5 Å². The van der Waals surface area contributed by atoms with Crippen molar-refractivity contribution in [1.29, 1.82) is 0 Å². The lowest BCUT2D eigenvalue weighted by Gasteiger charge is -2.14. The summed E-state index contributed by atoms with van der Waals surface area (Å²) in [5, 5.41) is 0. The van der Waals surface area contributed by atoms with Crippen LogP contribution in [0.5, 0.6) is 5.88 Å². The van der Waals surface area contributed by atoms with Crippen LogP contribution in [0.3, 0.4) is 0 Å². The van der Waals surface area contributed by atoms with Gasteiger partial charge in [-0.1, -0.05) is 25.7 Å². The standard InChI is InChI=1S/C14H23N3O/c1-18-14-9-13(16-10-17-14)8-12(15)7-6-11-4-2-3-5-11/h9-12H,2-8,15H2,1H3. The molecule has 1 aliphatic carbocycles. The number of ether oxygens (including phenoxy) is 1. The molecule has 0 radical (unpaired) electrons. The fourth-order valence-corrected chi connectivity index (χ4v) is 2.72. The van der Waals surface area contributed by atoms with E-state index in [9.17, 15) is 0 Å². The molecule has 2 rings (SSSR count). The maximum absolute atomic E-state index is 6.17. The van der Waals surface area contributed by atoms with Crippen LogP contribution in [0.2, 0.25) is 0 Å². The molecule has 4 nitrogen and oxygen atoms in total. The molecule has 2 N–H and O–H groups in total. The third-order valence-corrected chi connectivity index (χ3v) is 3.80. The molecular formula is C14H23N3O. The van der Waals surface area contributed by atoms with Crippen molar-refractivity contribution in [3.63, 3.8) is 0 Å². The highest BCUT2D eigenvalue weighted by molar-refractivity contribution is 5.14. The Morgan fingerprint density at radius 3 is 2.89 bits per heavy atom. The average Bonchev–Trinajstić information content (AvgIpc) is 2.90. The third-order valence-electron chi connectivity index (χ3n) is 3.80. The zero-order chi connectivity index (χ0) is 12.8. The normalized spacial score (nSPS) is 17.9. The fourth-order valence-electron chi connectivity index (χ4n) is 2.72. The van der Waals surface area contributed by atoms with Crippen LogP contribution in [-0.2, 0) is 6.42 Å². The smallest absolute Gasteiger partial charge is 0.216 e. The van der Waals surface area contributed by atoms with Gasteiger partial charge in [0.1, 0.15) is 6.33 Å². The van der Waals surface area contributed by atoms with Crippen molar-refractivity contribution < 1.29 is 4.74 Å². The van der Waals surface area contributed by atoms with Crippen LogP contribution in [0, 0.1) is 5.92 Å². The molecule has 0 aromatic carbocycles. The highest BCUT2D eigenvalue weighted by Gasteiger charge is 2.16. The SMILES string of the molecule is COc1cc(CC(N)CCC2CCCC2)ncn1. The minimum absolute atomic E-state index is 0.199. The van der Waals surface area contributed by atoms with E-state index in [2.05, 4.69) is 9.97 Å². The molecule has 1 aliphatic rings. The van der Waals surface area contributed by atoms with Gasteiger partial charge in [-0.2, -0.15) is 0 Å². The third kappa shape index (κ3) is 3.95. The van der Waals surface area contributed by atoms with Crippen molar-refractivity contribution in [1.82, 2.24) is 9.97 Å². The molecule has 100 valence electrons.